The fourth-order valence-electron chi connectivity index (χ4n) is 5.73. The molecule has 3 aromatic rings. The maximum absolute atomic E-state index is 13.7. The van der Waals surface area contributed by atoms with Gasteiger partial charge in [-0.15, -0.1) is 24.8 Å². The third-order valence-corrected chi connectivity index (χ3v) is 8.18. The number of carbonyl (C=O) groups excluding carboxylic acids is 1. The lowest BCUT2D eigenvalue weighted by Crippen LogP contribution is -2.56. The number of para-hydroxylation sites is 1. The molecule has 0 aliphatic carbocycles. The number of aromatic nitrogens is 1. The van der Waals surface area contributed by atoms with E-state index in [1.165, 1.54) is 0 Å². The number of halogens is 5. The summed E-state index contributed by atoms with van der Waals surface area (Å²) < 4.78 is 46.3. The second kappa shape index (κ2) is 14.8. The SMILES string of the molecule is CC1(C)COCCN1CC#CCN1CCN(C(=O)c2cc([N+](=O)[O-])cc(C(F)(F)F)c2)[C@H](Cc2c[nH]c3ccccc23)C1.Cl.Cl. The molecule has 0 bridgehead atoms. The number of morpholine rings is 1. The lowest BCUT2D eigenvalue weighted by atomic mass is 9.99. The summed E-state index contributed by atoms with van der Waals surface area (Å²) in [5.41, 5.74) is -0.544. The third kappa shape index (κ3) is 8.48. The van der Waals surface area contributed by atoms with Gasteiger partial charge in [0.15, 0.2) is 0 Å². The van der Waals surface area contributed by atoms with Gasteiger partial charge in [-0.25, -0.2) is 0 Å². The molecule has 2 saturated heterocycles. The van der Waals surface area contributed by atoms with E-state index >= 15 is 0 Å². The smallest absolute Gasteiger partial charge is 0.378 e. The van der Waals surface area contributed by atoms with E-state index in [4.69, 9.17) is 4.74 Å². The van der Waals surface area contributed by atoms with E-state index in [9.17, 15) is 28.1 Å². The van der Waals surface area contributed by atoms with Crippen molar-refractivity contribution in [3.8, 4) is 11.8 Å². The Labute approximate surface area is 272 Å². The van der Waals surface area contributed by atoms with Crippen molar-refractivity contribution in [3.05, 3.63) is 75.5 Å². The van der Waals surface area contributed by atoms with Crippen LogP contribution in [0.15, 0.2) is 48.7 Å². The molecule has 2 aliphatic heterocycles. The first kappa shape index (κ1) is 36.1. The van der Waals surface area contributed by atoms with Gasteiger partial charge in [0.1, 0.15) is 0 Å². The second-order valence-corrected chi connectivity index (χ2v) is 11.6. The van der Waals surface area contributed by atoms with Gasteiger partial charge in [0.2, 0.25) is 0 Å². The molecular formula is C31H36Cl2F3N5O4. The maximum atomic E-state index is 13.7. The van der Waals surface area contributed by atoms with Crippen molar-refractivity contribution < 1.29 is 27.6 Å². The van der Waals surface area contributed by atoms with E-state index < -0.39 is 34.3 Å². The van der Waals surface area contributed by atoms with Crippen molar-refractivity contribution in [1.29, 1.82) is 0 Å². The van der Waals surface area contributed by atoms with Crippen LogP contribution in [0, 0.1) is 22.0 Å². The number of ether oxygens (including phenoxy) is 1. The summed E-state index contributed by atoms with van der Waals surface area (Å²) >= 11 is 0. The van der Waals surface area contributed by atoms with Gasteiger partial charge >= 0.3 is 6.18 Å². The number of hydrogen-bond acceptors (Lipinski definition) is 6. The van der Waals surface area contributed by atoms with E-state index in [1.807, 2.05) is 30.5 Å². The Balaban J connectivity index is 0.00000276. The highest BCUT2D eigenvalue weighted by atomic mass is 35.5. The molecule has 2 aromatic carbocycles. The molecule has 1 atom stereocenters. The summed E-state index contributed by atoms with van der Waals surface area (Å²) in [6.07, 6.45) is -2.51. The number of nitro benzene ring substituents is 1. The molecule has 2 fully saturated rings. The van der Waals surface area contributed by atoms with Gasteiger partial charge in [-0.2, -0.15) is 13.2 Å². The molecule has 1 amide bonds. The monoisotopic (exact) mass is 669 g/mol. The van der Waals surface area contributed by atoms with E-state index in [0.717, 1.165) is 29.1 Å². The van der Waals surface area contributed by atoms with E-state index in [1.54, 1.807) is 4.90 Å². The molecule has 9 nitrogen and oxygen atoms in total. The van der Waals surface area contributed by atoms with Crippen LogP contribution in [0.2, 0.25) is 0 Å². The topological polar surface area (TPSA) is 94.9 Å². The number of non-ortho nitro benzene ring substituents is 1. The number of carbonyl (C=O) groups is 1. The highest BCUT2D eigenvalue weighted by molar-refractivity contribution is 5.95. The number of hydrogen-bond donors (Lipinski definition) is 1. The second-order valence-electron chi connectivity index (χ2n) is 11.6. The minimum atomic E-state index is -4.84. The van der Waals surface area contributed by atoms with Crippen LogP contribution in [-0.2, 0) is 17.3 Å². The third-order valence-electron chi connectivity index (χ3n) is 8.18. The van der Waals surface area contributed by atoms with Crippen molar-refractivity contribution in [2.24, 2.45) is 0 Å². The Kier molecular flexibility index (Phi) is 11.9. The maximum Gasteiger partial charge on any atom is 0.416 e. The van der Waals surface area contributed by atoms with Crippen molar-refractivity contribution in [2.75, 3.05) is 52.5 Å². The van der Waals surface area contributed by atoms with Crippen LogP contribution in [0.1, 0.15) is 35.3 Å². The summed E-state index contributed by atoms with van der Waals surface area (Å²) in [5.74, 6) is 5.85. The molecular weight excluding hydrogens is 634 g/mol. The zero-order valence-corrected chi connectivity index (χ0v) is 26.6. The number of benzene rings is 2. The average Bonchev–Trinajstić information content (AvgIpc) is 3.37. The number of nitrogens with one attached hydrogen (secondary N) is 1. The Bertz CT molecular complexity index is 1570. The summed E-state index contributed by atoms with van der Waals surface area (Å²) in [7, 11) is 0. The van der Waals surface area contributed by atoms with E-state index in [0.29, 0.717) is 57.9 Å². The molecule has 14 heteroatoms. The molecule has 1 aromatic heterocycles. The number of aromatic amines is 1. The molecule has 244 valence electrons. The van der Waals surface area contributed by atoms with Gasteiger partial charge in [-0.1, -0.05) is 30.0 Å². The number of nitrogens with zero attached hydrogens (tertiary/aromatic N) is 4. The first-order valence-corrected chi connectivity index (χ1v) is 14.2. The summed E-state index contributed by atoms with van der Waals surface area (Å²) in [6.45, 7) is 8.63. The quantitative estimate of drug-likeness (QED) is 0.214. The summed E-state index contributed by atoms with van der Waals surface area (Å²) in [4.78, 5) is 33.4. The van der Waals surface area contributed by atoms with Crippen LogP contribution in [0.25, 0.3) is 10.9 Å². The molecule has 45 heavy (non-hydrogen) atoms. The Hall–Kier alpha value is -3.34. The first-order valence-electron chi connectivity index (χ1n) is 14.2. The summed E-state index contributed by atoms with van der Waals surface area (Å²) in [5, 5.41) is 12.4. The zero-order valence-electron chi connectivity index (χ0n) is 24.9. The number of fused-ring (bicyclic) bond motifs is 1. The van der Waals surface area contributed by atoms with E-state index in [-0.39, 0.29) is 42.5 Å². The van der Waals surface area contributed by atoms with Crippen LogP contribution in [0.3, 0.4) is 0 Å². The lowest BCUT2D eigenvalue weighted by Gasteiger charge is -2.41. The van der Waals surface area contributed by atoms with Crippen LogP contribution >= 0.6 is 24.8 Å². The highest BCUT2D eigenvalue weighted by Gasteiger charge is 2.36. The minimum absolute atomic E-state index is 0. The van der Waals surface area contributed by atoms with Crippen molar-refractivity contribution in [2.45, 2.75) is 38.0 Å². The van der Waals surface area contributed by atoms with Crippen LogP contribution in [0.4, 0.5) is 18.9 Å². The molecule has 2 aliphatic rings. The number of rotatable bonds is 6. The summed E-state index contributed by atoms with van der Waals surface area (Å²) in [6, 6.07) is 9.43. The van der Waals surface area contributed by atoms with Crippen LogP contribution < -0.4 is 0 Å². The molecule has 0 saturated carbocycles. The van der Waals surface area contributed by atoms with Crippen LogP contribution in [0.5, 0.6) is 0 Å². The molecule has 3 heterocycles. The fraction of sp³-hybridized carbons (Fsp3) is 0.452. The Morgan fingerprint density at radius 2 is 1.84 bits per heavy atom. The molecule has 1 N–H and O–H groups in total. The highest BCUT2D eigenvalue weighted by Crippen LogP contribution is 2.33. The largest absolute Gasteiger partial charge is 0.416 e. The van der Waals surface area contributed by atoms with Crippen molar-refractivity contribution in [1.82, 2.24) is 19.7 Å². The van der Waals surface area contributed by atoms with E-state index in [2.05, 4.69) is 40.5 Å². The predicted molar refractivity (Wildman–Crippen MR) is 170 cm³/mol. The van der Waals surface area contributed by atoms with Crippen LogP contribution in [-0.4, -0.2) is 94.6 Å². The number of piperazine rings is 1. The van der Waals surface area contributed by atoms with Gasteiger partial charge in [0, 0.05) is 72.6 Å². The molecule has 0 spiro atoms. The number of nitro groups is 1. The number of alkyl halides is 3. The normalized spacial score (nSPS) is 18.8. The van der Waals surface area contributed by atoms with Gasteiger partial charge in [0.25, 0.3) is 11.6 Å². The Morgan fingerprint density at radius 1 is 1.11 bits per heavy atom. The van der Waals surface area contributed by atoms with Crippen molar-refractivity contribution >= 4 is 47.3 Å². The Morgan fingerprint density at radius 3 is 2.56 bits per heavy atom. The molecule has 0 unspecified atom stereocenters. The van der Waals surface area contributed by atoms with Gasteiger partial charge in [0.05, 0.1) is 36.8 Å². The first-order chi connectivity index (χ1) is 20.4. The fourth-order valence-corrected chi connectivity index (χ4v) is 5.73. The van der Waals surface area contributed by atoms with Crippen molar-refractivity contribution in [3.63, 3.8) is 0 Å². The molecule has 0 radical (unpaired) electrons. The average molecular weight is 671 g/mol. The molecule has 5 rings (SSSR count). The van der Waals surface area contributed by atoms with Gasteiger partial charge in [-0.05, 0) is 38.0 Å². The zero-order chi connectivity index (χ0) is 30.8. The van der Waals surface area contributed by atoms with Gasteiger partial charge < -0.3 is 14.6 Å². The number of amides is 1. The minimum Gasteiger partial charge on any atom is -0.378 e. The van der Waals surface area contributed by atoms with Gasteiger partial charge in [-0.3, -0.25) is 24.7 Å². The lowest BCUT2D eigenvalue weighted by molar-refractivity contribution is -0.385. The number of H-pyrrole nitrogens is 1. The predicted octanol–water partition coefficient (Wildman–Crippen LogP) is 5.42. The standard InChI is InChI=1S/C31H34F3N5O4.2ClH/c1-30(2)21-43-14-13-37(30)10-6-5-9-36-11-12-38(26(20-36)17-23-19-35-28-8-4-3-7-27(23)28)29(40)22-15-24(31(32,33)34)18-25(16-22)39(41)42;;/h3-4,7-8,15-16,18-19,26,35H,9-14,17,20-21H2,1-2H3;2*1H/t26-;;/m1../s1.